The van der Waals surface area contributed by atoms with Gasteiger partial charge in [0.15, 0.2) is 0 Å². The summed E-state index contributed by atoms with van der Waals surface area (Å²) in [4.78, 5) is 5.66. The number of aromatic nitrogens is 4. The summed E-state index contributed by atoms with van der Waals surface area (Å²) in [6.07, 6.45) is 5.24. The Morgan fingerprint density at radius 2 is 2.37 bits per heavy atom. The molecule has 19 heavy (non-hydrogen) atoms. The van der Waals surface area contributed by atoms with Crippen LogP contribution in [-0.4, -0.2) is 19.7 Å². The van der Waals surface area contributed by atoms with Gasteiger partial charge in [-0.15, -0.1) is 21.5 Å². The quantitative estimate of drug-likeness (QED) is 0.909. The SMILES string of the molecule is CCc1ncc(CNC(C)c2nnc3n2CCC3)s1. The lowest BCUT2D eigenvalue weighted by Crippen LogP contribution is -2.21. The van der Waals surface area contributed by atoms with E-state index < -0.39 is 0 Å². The van der Waals surface area contributed by atoms with E-state index in [9.17, 15) is 0 Å². The van der Waals surface area contributed by atoms with Crippen molar-refractivity contribution >= 4 is 11.3 Å². The van der Waals surface area contributed by atoms with Crippen molar-refractivity contribution < 1.29 is 0 Å². The van der Waals surface area contributed by atoms with Crippen LogP contribution in [0.3, 0.4) is 0 Å². The summed E-state index contributed by atoms with van der Waals surface area (Å²) in [5.41, 5.74) is 0. The van der Waals surface area contributed by atoms with Crippen LogP contribution < -0.4 is 5.32 Å². The fraction of sp³-hybridized carbons (Fsp3) is 0.615. The highest BCUT2D eigenvalue weighted by Gasteiger charge is 2.20. The maximum atomic E-state index is 4.38. The predicted molar refractivity (Wildman–Crippen MR) is 75.1 cm³/mol. The molecular weight excluding hydrogens is 258 g/mol. The first kappa shape index (κ1) is 12.7. The number of hydrogen-bond donors (Lipinski definition) is 1. The van der Waals surface area contributed by atoms with Crippen molar-refractivity contribution in [3.05, 3.63) is 27.7 Å². The van der Waals surface area contributed by atoms with Gasteiger partial charge in [-0.05, 0) is 19.8 Å². The molecule has 2 aromatic heterocycles. The van der Waals surface area contributed by atoms with E-state index in [2.05, 4.69) is 38.9 Å². The van der Waals surface area contributed by atoms with E-state index in [1.165, 1.54) is 16.3 Å². The van der Waals surface area contributed by atoms with Crippen molar-refractivity contribution in [1.29, 1.82) is 0 Å². The van der Waals surface area contributed by atoms with Crippen LogP contribution in [0.4, 0.5) is 0 Å². The monoisotopic (exact) mass is 277 g/mol. The largest absolute Gasteiger partial charge is 0.314 e. The molecule has 0 radical (unpaired) electrons. The van der Waals surface area contributed by atoms with Crippen LogP contribution in [0.2, 0.25) is 0 Å². The minimum atomic E-state index is 0.228. The van der Waals surface area contributed by atoms with Gasteiger partial charge in [0, 0.05) is 30.6 Å². The van der Waals surface area contributed by atoms with Gasteiger partial charge in [-0.1, -0.05) is 6.92 Å². The Morgan fingerprint density at radius 1 is 1.47 bits per heavy atom. The van der Waals surface area contributed by atoms with Gasteiger partial charge < -0.3 is 9.88 Å². The van der Waals surface area contributed by atoms with Crippen LogP contribution >= 0.6 is 11.3 Å². The van der Waals surface area contributed by atoms with Crippen molar-refractivity contribution in [3.63, 3.8) is 0 Å². The highest BCUT2D eigenvalue weighted by Crippen LogP contribution is 2.20. The highest BCUT2D eigenvalue weighted by molar-refractivity contribution is 7.11. The molecule has 1 aliphatic heterocycles. The van der Waals surface area contributed by atoms with Crippen LogP contribution in [0.1, 0.15) is 47.8 Å². The summed E-state index contributed by atoms with van der Waals surface area (Å²) >= 11 is 1.78. The molecule has 0 saturated heterocycles. The smallest absolute Gasteiger partial charge is 0.149 e. The van der Waals surface area contributed by atoms with E-state index >= 15 is 0 Å². The number of nitrogens with zero attached hydrogens (tertiary/aromatic N) is 4. The van der Waals surface area contributed by atoms with Crippen LogP contribution in [0.5, 0.6) is 0 Å². The molecule has 0 saturated carbocycles. The maximum Gasteiger partial charge on any atom is 0.149 e. The fourth-order valence-electron chi connectivity index (χ4n) is 2.43. The lowest BCUT2D eigenvalue weighted by Gasteiger charge is -2.12. The molecule has 102 valence electrons. The second-order valence-electron chi connectivity index (χ2n) is 4.91. The van der Waals surface area contributed by atoms with Gasteiger partial charge in [0.2, 0.25) is 0 Å². The van der Waals surface area contributed by atoms with E-state index in [1.807, 2.05) is 6.20 Å². The third-order valence-electron chi connectivity index (χ3n) is 3.51. The second-order valence-corrected chi connectivity index (χ2v) is 6.11. The minimum absolute atomic E-state index is 0.228. The molecule has 0 bridgehead atoms. The number of hydrogen-bond acceptors (Lipinski definition) is 5. The standard InChI is InChI=1S/C13H19N5S/c1-3-12-15-8-10(19-12)7-14-9(2)13-17-16-11-5-4-6-18(11)13/h8-9,14H,3-7H2,1-2H3. The molecule has 2 aromatic rings. The topological polar surface area (TPSA) is 55.6 Å². The van der Waals surface area contributed by atoms with E-state index in [4.69, 9.17) is 0 Å². The van der Waals surface area contributed by atoms with Crippen LogP contribution in [0.15, 0.2) is 6.20 Å². The number of thiazole rings is 1. The zero-order chi connectivity index (χ0) is 13.2. The van der Waals surface area contributed by atoms with Crippen LogP contribution in [-0.2, 0) is 25.9 Å². The van der Waals surface area contributed by atoms with Crippen molar-refractivity contribution in [2.45, 2.75) is 52.2 Å². The Hall–Kier alpha value is -1.27. The first-order chi connectivity index (χ1) is 9.28. The van der Waals surface area contributed by atoms with Crippen molar-refractivity contribution in [2.24, 2.45) is 0 Å². The summed E-state index contributed by atoms with van der Waals surface area (Å²) < 4.78 is 2.25. The van der Waals surface area contributed by atoms with E-state index in [0.717, 1.165) is 37.6 Å². The first-order valence-corrected chi connectivity index (χ1v) is 7.68. The van der Waals surface area contributed by atoms with Gasteiger partial charge in [0.1, 0.15) is 11.6 Å². The zero-order valence-electron chi connectivity index (χ0n) is 11.4. The molecule has 0 amide bonds. The van der Waals surface area contributed by atoms with Gasteiger partial charge in [-0.3, -0.25) is 0 Å². The third kappa shape index (κ3) is 2.55. The number of fused-ring (bicyclic) bond motifs is 1. The first-order valence-electron chi connectivity index (χ1n) is 6.87. The summed E-state index contributed by atoms with van der Waals surface area (Å²) in [6.45, 7) is 6.20. The molecule has 6 heteroatoms. The summed E-state index contributed by atoms with van der Waals surface area (Å²) in [6, 6.07) is 0.228. The Labute approximate surface area is 117 Å². The van der Waals surface area contributed by atoms with Gasteiger partial charge in [-0.25, -0.2) is 4.98 Å². The molecule has 0 aromatic carbocycles. The minimum Gasteiger partial charge on any atom is -0.314 e. The van der Waals surface area contributed by atoms with Crippen molar-refractivity contribution in [1.82, 2.24) is 25.1 Å². The van der Waals surface area contributed by atoms with Crippen LogP contribution in [0, 0.1) is 0 Å². The van der Waals surface area contributed by atoms with Gasteiger partial charge in [-0.2, -0.15) is 0 Å². The summed E-state index contributed by atoms with van der Waals surface area (Å²) in [7, 11) is 0. The van der Waals surface area contributed by atoms with Gasteiger partial charge in [0.05, 0.1) is 11.0 Å². The molecule has 0 aliphatic carbocycles. The Bertz CT molecular complexity index is 559. The van der Waals surface area contributed by atoms with Crippen molar-refractivity contribution in [2.75, 3.05) is 0 Å². The molecular formula is C13H19N5S. The van der Waals surface area contributed by atoms with Gasteiger partial charge >= 0.3 is 0 Å². The Balaban J connectivity index is 1.63. The predicted octanol–water partition coefficient (Wildman–Crippen LogP) is 2.09. The summed E-state index contributed by atoms with van der Waals surface area (Å²) in [5, 5.41) is 13.3. The number of nitrogens with one attached hydrogen (secondary N) is 1. The molecule has 1 unspecified atom stereocenters. The Kier molecular flexibility index (Phi) is 3.61. The van der Waals surface area contributed by atoms with Crippen LogP contribution in [0.25, 0.3) is 0 Å². The fourth-order valence-corrected chi connectivity index (χ4v) is 3.24. The molecule has 1 atom stereocenters. The molecule has 0 spiro atoms. The lowest BCUT2D eigenvalue weighted by atomic mass is 10.3. The van der Waals surface area contributed by atoms with E-state index in [0.29, 0.717) is 0 Å². The molecule has 0 fully saturated rings. The van der Waals surface area contributed by atoms with Crippen molar-refractivity contribution in [3.8, 4) is 0 Å². The highest BCUT2D eigenvalue weighted by atomic mass is 32.1. The number of aryl methyl sites for hydroxylation is 2. The maximum absolute atomic E-state index is 4.38. The molecule has 3 rings (SSSR count). The van der Waals surface area contributed by atoms with E-state index in [1.54, 1.807) is 11.3 Å². The molecule has 1 aliphatic rings. The molecule has 5 nitrogen and oxygen atoms in total. The molecule has 3 heterocycles. The van der Waals surface area contributed by atoms with Gasteiger partial charge in [0.25, 0.3) is 0 Å². The normalized spacial score (nSPS) is 15.7. The third-order valence-corrected chi connectivity index (χ3v) is 4.65. The van der Waals surface area contributed by atoms with E-state index in [-0.39, 0.29) is 6.04 Å². The summed E-state index contributed by atoms with van der Waals surface area (Å²) in [5.74, 6) is 2.20. The lowest BCUT2D eigenvalue weighted by molar-refractivity contribution is 0.518. The Morgan fingerprint density at radius 3 is 3.16 bits per heavy atom. The average molecular weight is 277 g/mol. The average Bonchev–Trinajstić information content (AvgIpc) is 3.11. The zero-order valence-corrected chi connectivity index (χ0v) is 12.2. The second kappa shape index (κ2) is 5.38. The molecule has 1 N–H and O–H groups in total. The number of rotatable bonds is 5.